The standard InChI is InChI=1S/C14H10F3NO2/c15-14(16,17)12-4-2-1-3-11(12)9-5-6-18-10(7-9)8-13(19)20/h1-7H,8H2,(H,19,20). The van der Waals surface area contributed by atoms with Crippen LogP contribution in [0.15, 0.2) is 42.6 Å². The second-order valence-corrected chi connectivity index (χ2v) is 4.15. The molecule has 6 heteroatoms. The van der Waals surface area contributed by atoms with Gasteiger partial charge in [-0.1, -0.05) is 18.2 Å². The van der Waals surface area contributed by atoms with Crippen molar-refractivity contribution in [3.05, 3.63) is 53.9 Å². The molecule has 1 aromatic carbocycles. The number of hydrogen-bond acceptors (Lipinski definition) is 2. The Bertz CT molecular complexity index is 638. The van der Waals surface area contributed by atoms with E-state index in [-0.39, 0.29) is 17.7 Å². The first-order chi connectivity index (χ1) is 9.38. The van der Waals surface area contributed by atoms with Crippen molar-refractivity contribution >= 4 is 5.97 Å². The summed E-state index contributed by atoms with van der Waals surface area (Å²) in [6.45, 7) is 0. The fourth-order valence-electron chi connectivity index (χ4n) is 1.88. The fourth-order valence-corrected chi connectivity index (χ4v) is 1.88. The van der Waals surface area contributed by atoms with E-state index in [1.54, 1.807) is 0 Å². The van der Waals surface area contributed by atoms with Crippen molar-refractivity contribution in [2.75, 3.05) is 0 Å². The van der Waals surface area contributed by atoms with E-state index >= 15 is 0 Å². The smallest absolute Gasteiger partial charge is 0.417 e. The van der Waals surface area contributed by atoms with Gasteiger partial charge < -0.3 is 5.11 Å². The Labute approximate surface area is 112 Å². The summed E-state index contributed by atoms with van der Waals surface area (Å²) in [5.41, 5.74) is -0.238. The number of alkyl halides is 3. The first kappa shape index (κ1) is 14.0. The minimum absolute atomic E-state index is 0.00837. The van der Waals surface area contributed by atoms with Crippen LogP contribution in [0.3, 0.4) is 0 Å². The summed E-state index contributed by atoms with van der Waals surface area (Å²) in [4.78, 5) is 14.5. The summed E-state index contributed by atoms with van der Waals surface area (Å²) >= 11 is 0. The maximum absolute atomic E-state index is 12.9. The third kappa shape index (κ3) is 3.14. The number of aromatic nitrogens is 1. The Hall–Kier alpha value is -2.37. The molecule has 1 N–H and O–H groups in total. The lowest BCUT2D eigenvalue weighted by molar-refractivity contribution is -0.137. The monoisotopic (exact) mass is 281 g/mol. The number of aliphatic carboxylic acids is 1. The number of rotatable bonds is 3. The molecule has 0 aliphatic rings. The van der Waals surface area contributed by atoms with E-state index < -0.39 is 17.7 Å². The van der Waals surface area contributed by atoms with Gasteiger partial charge in [-0.15, -0.1) is 0 Å². The normalized spacial score (nSPS) is 11.3. The minimum Gasteiger partial charge on any atom is -0.481 e. The summed E-state index contributed by atoms with van der Waals surface area (Å²) in [6, 6.07) is 7.94. The maximum Gasteiger partial charge on any atom is 0.417 e. The molecule has 0 aliphatic heterocycles. The highest BCUT2D eigenvalue weighted by molar-refractivity contribution is 5.72. The molecule has 0 saturated carbocycles. The molecule has 0 saturated heterocycles. The molecule has 0 amide bonds. The van der Waals surface area contributed by atoms with Crippen molar-refractivity contribution in [3.63, 3.8) is 0 Å². The Morgan fingerprint density at radius 3 is 2.55 bits per heavy atom. The van der Waals surface area contributed by atoms with Crippen molar-refractivity contribution in [2.45, 2.75) is 12.6 Å². The van der Waals surface area contributed by atoms with Crippen LogP contribution >= 0.6 is 0 Å². The van der Waals surface area contributed by atoms with E-state index in [4.69, 9.17) is 5.11 Å². The Kier molecular flexibility index (Phi) is 3.74. The molecule has 0 atom stereocenters. The molecule has 104 valence electrons. The summed E-state index contributed by atoms with van der Waals surface area (Å²) in [5.74, 6) is -1.08. The lowest BCUT2D eigenvalue weighted by Crippen LogP contribution is -2.07. The summed E-state index contributed by atoms with van der Waals surface area (Å²) in [6.07, 6.45) is -3.49. The molecule has 0 spiro atoms. The van der Waals surface area contributed by atoms with Gasteiger partial charge in [-0.2, -0.15) is 13.2 Å². The largest absolute Gasteiger partial charge is 0.481 e. The molecule has 0 fully saturated rings. The molecular weight excluding hydrogens is 271 g/mol. The van der Waals surface area contributed by atoms with Crippen LogP contribution in [0.25, 0.3) is 11.1 Å². The third-order valence-corrected chi connectivity index (χ3v) is 2.69. The van der Waals surface area contributed by atoms with Crippen molar-refractivity contribution < 1.29 is 23.1 Å². The van der Waals surface area contributed by atoms with E-state index in [0.717, 1.165) is 6.07 Å². The van der Waals surface area contributed by atoms with E-state index in [2.05, 4.69) is 4.98 Å². The quantitative estimate of drug-likeness (QED) is 0.938. The molecule has 1 aromatic heterocycles. The van der Waals surface area contributed by atoms with Crippen molar-refractivity contribution in [3.8, 4) is 11.1 Å². The first-order valence-electron chi connectivity index (χ1n) is 5.71. The topological polar surface area (TPSA) is 50.2 Å². The zero-order chi connectivity index (χ0) is 14.8. The molecular formula is C14H10F3NO2. The molecule has 0 bridgehead atoms. The van der Waals surface area contributed by atoms with E-state index in [9.17, 15) is 18.0 Å². The summed E-state index contributed by atoms with van der Waals surface area (Å²) in [7, 11) is 0. The van der Waals surface area contributed by atoms with Gasteiger partial charge in [0.1, 0.15) is 0 Å². The molecule has 0 unspecified atom stereocenters. The van der Waals surface area contributed by atoms with Crippen LogP contribution < -0.4 is 0 Å². The van der Waals surface area contributed by atoms with Crippen LogP contribution in [0.5, 0.6) is 0 Å². The number of carboxylic acid groups (broad SMARTS) is 1. The number of hydrogen-bond donors (Lipinski definition) is 1. The number of benzene rings is 1. The predicted octanol–water partition coefficient (Wildman–Crippen LogP) is 3.39. The van der Waals surface area contributed by atoms with E-state index in [1.807, 2.05) is 0 Å². The van der Waals surface area contributed by atoms with Crippen LogP contribution in [0.2, 0.25) is 0 Å². The number of nitrogens with zero attached hydrogens (tertiary/aromatic N) is 1. The molecule has 3 nitrogen and oxygen atoms in total. The zero-order valence-electron chi connectivity index (χ0n) is 10.2. The van der Waals surface area contributed by atoms with Gasteiger partial charge in [0, 0.05) is 6.20 Å². The molecule has 2 rings (SSSR count). The predicted molar refractivity (Wildman–Crippen MR) is 66.0 cm³/mol. The highest BCUT2D eigenvalue weighted by Crippen LogP contribution is 2.36. The summed E-state index contributed by atoms with van der Waals surface area (Å²) < 4.78 is 38.8. The number of halogens is 3. The molecule has 20 heavy (non-hydrogen) atoms. The highest BCUT2D eigenvalue weighted by atomic mass is 19.4. The van der Waals surface area contributed by atoms with Crippen LogP contribution in [0.4, 0.5) is 13.2 Å². The molecule has 0 radical (unpaired) electrons. The summed E-state index contributed by atoms with van der Waals surface area (Å²) in [5, 5.41) is 8.69. The highest BCUT2D eigenvalue weighted by Gasteiger charge is 2.33. The third-order valence-electron chi connectivity index (χ3n) is 2.69. The number of pyridine rings is 1. The van der Waals surface area contributed by atoms with Crippen molar-refractivity contribution in [1.82, 2.24) is 4.98 Å². The van der Waals surface area contributed by atoms with Gasteiger partial charge >= 0.3 is 12.1 Å². The van der Waals surface area contributed by atoms with Gasteiger partial charge in [-0.05, 0) is 29.3 Å². The fraction of sp³-hybridized carbons (Fsp3) is 0.143. The van der Waals surface area contributed by atoms with Crippen LogP contribution in [-0.4, -0.2) is 16.1 Å². The Balaban J connectivity index is 2.49. The Morgan fingerprint density at radius 1 is 1.20 bits per heavy atom. The zero-order valence-corrected chi connectivity index (χ0v) is 10.2. The van der Waals surface area contributed by atoms with Crippen LogP contribution in [0, 0.1) is 0 Å². The number of carboxylic acids is 1. The van der Waals surface area contributed by atoms with Crippen molar-refractivity contribution in [2.24, 2.45) is 0 Å². The number of carbonyl (C=O) groups is 1. The Morgan fingerprint density at radius 2 is 1.90 bits per heavy atom. The average Bonchev–Trinajstić information content (AvgIpc) is 2.37. The lowest BCUT2D eigenvalue weighted by Gasteiger charge is -2.13. The van der Waals surface area contributed by atoms with E-state index in [0.29, 0.717) is 5.56 Å². The first-order valence-corrected chi connectivity index (χ1v) is 5.71. The van der Waals surface area contributed by atoms with Gasteiger partial charge in [0.05, 0.1) is 17.7 Å². The SMILES string of the molecule is O=C(O)Cc1cc(-c2ccccc2C(F)(F)F)ccn1. The maximum atomic E-state index is 12.9. The molecule has 2 aromatic rings. The van der Waals surface area contributed by atoms with Crippen molar-refractivity contribution in [1.29, 1.82) is 0 Å². The average molecular weight is 281 g/mol. The van der Waals surface area contributed by atoms with Gasteiger partial charge in [-0.25, -0.2) is 0 Å². The van der Waals surface area contributed by atoms with Gasteiger partial charge in [-0.3, -0.25) is 9.78 Å². The van der Waals surface area contributed by atoms with Gasteiger partial charge in [0.2, 0.25) is 0 Å². The van der Waals surface area contributed by atoms with Gasteiger partial charge in [0.25, 0.3) is 0 Å². The van der Waals surface area contributed by atoms with Crippen LogP contribution in [0.1, 0.15) is 11.3 Å². The van der Waals surface area contributed by atoms with E-state index in [1.165, 1.54) is 36.5 Å². The second-order valence-electron chi connectivity index (χ2n) is 4.15. The molecule has 1 heterocycles. The van der Waals surface area contributed by atoms with Gasteiger partial charge in [0.15, 0.2) is 0 Å². The minimum atomic E-state index is -4.47. The second kappa shape index (κ2) is 5.32. The molecule has 0 aliphatic carbocycles. The van der Waals surface area contributed by atoms with Crippen LogP contribution in [-0.2, 0) is 17.4 Å². The lowest BCUT2D eigenvalue weighted by atomic mass is 9.99.